The molecule has 4 aromatic rings. The van der Waals surface area contributed by atoms with Crippen molar-refractivity contribution in [3.05, 3.63) is 72.4 Å². The molecular formula is C17H16N8O. The van der Waals surface area contributed by atoms with E-state index in [0.717, 1.165) is 17.0 Å². The molecule has 0 radical (unpaired) electrons. The molecule has 1 atom stereocenters. The van der Waals surface area contributed by atoms with E-state index < -0.39 is 6.04 Å². The van der Waals surface area contributed by atoms with Crippen molar-refractivity contribution >= 4 is 11.6 Å². The molecule has 9 heteroatoms. The highest BCUT2D eigenvalue weighted by atomic mass is 16.2. The summed E-state index contributed by atoms with van der Waals surface area (Å²) in [5.41, 5.74) is 1.59. The Labute approximate surface area is 148 Å². The zero-order valence-electron chi connectivity index (χ0n) is 13.8. The molecule has 0 bridgehead atoms. The average molecular weight is 348 g/mol. The second-order valence-corrected chi connectivity index (χ2v) is 5.69. The molecule has 3 heterocycles. The van der Waals surface area contributed by atoms with Gasteiger partial charge in [0.15, 0.2) is 11.7 Å². The third-order valence-corrected chi connectivity index (χ3v) is 4.03. The lowest BCUT2D eigenvalue weighted by Crippen LogP contribution is -2.35. The van der Waals surface area contributed by atoms with Crippen LogP contribution >= 0.6 is 0 Å². The fraction of sp³-hybridized carbons (Fsp3) is 0.176. The number of pyridine rings is 1. The highest BCUT2D eigenvalue weighted by molar-refractivity contribution is 5.83. The maximum Gasteiger partial charge on any atom is 0.249 e. The molecule has 1 aromatic carbocycles. The van der Waals surface area contributed by atoms with Gasteiger partial charge < -0.3 is 5.32 Å². The van der Waals surface area contributed by atoms with E-state index in [0.29, 0.717) is 13.0 Å². The molecule has 0 saturated heterocycles. The number of carbonyl (C=O) groups is 1. The van der Waals surface area contributed by atoms with Crippen molar-refractivity contribution in [3.63, 3.8) is 0 Å². The van der Waals surface area contributed by atoms with E-state index in [9.17, 15) is 4.79 Å². The molecule has 0 aliphatic carbocycles. The van der Waals surface area contributed by atoms with Crippen LogP contribution in [0, 0.1) is 0 Å². The van der Waals surface area contributed by atoms with Crippen molar-refractivity contribution in [3.8, 4) is 0 Å². The molecule has 26 heavy (non-hydrogen) atoms. The Morgan fingerprint density at radius 3 is 2.73 bits per heavy atom. The van der Waals surface area contributed by atoms with Crippen molar-refractivity contribution in [1.82, 2.24) is 40.1 Å². The average Bonchev–Trinajstić information content (AvgIpc) is 3.34. The third kappa shape index (κ3) is 3.14. The molecule has 0 spiro atoms. The molecule has 1 amide bonds. The van der Waals surface area contributed by atoms with Crippen LogP contribution in [0.25, 0.3) is 5.65 Å². The van der Waals surface area contributed by atoms with Gasteiger partial charge in [-0.3, -0.25) is 9.20 Å². The van der Waals surface area contributed by atoms with Crippen molar-refractivity contribution in [2.24, 2.45) is 0 Å². The Balaban J connectivity index is 1.47. The van der Waals surface area contributed by atoms with Crippen LogP contribution in [0.3, 0.4) is 0 Å². The molecule has 1 N–H and O–H groups in total. The van der Waals surface area contributed by atoms with E-state index in [-0.39, 0.29) is 5.91 Å². The van der Waals surface area contributed by atoms with Crippen molar-refractivity contribution < 1.29 is 4.79 Å². The van der Waals surface area contributed by atoms with Gasteiger partial charge in [0.2, 0.25) is 5.91 Å². The van der Waals surface area contributed by atoms with E-state index >= 15 is 0 Å². The van der Waals surface area contributed by atoms with Gasteiger partial charge in [-0.15, -0.1) is 15.3 Å². The largest absolute Gasteiger partial charge is 0.353 e. The van der Waals surface area contributed by atoms with Gasteiger partial charge in [-0.25, -0.2) is 4.68 Å². The molecule has 4 rings (SSSR count). The van der Waals surface area contributed by atoms with Crippen LogP contribution in [0.1, 0.15) is 17.4 Å². The van der Waals surface area contributed by atoms with Crippen molar-refractivity contribution in [2.45, 2.75) is 12.5 Å². The van der Waals surface area contributed by atoms with Crippen molar-refractivity contribution in [2.75, 3.05) is 6.54 Å². The number of rotatable bonds is 6. The number of amides is 1. The Bertz CT molecular complexity index is 996. The number of hydrogen-bond donors (Lipinski definition) is 1. The minimum absolute atomic E-state index is 0.183. The van der Waals surface area contributed by atoms with Gasteiger partial charge in [-0.2, -0.15) is 0 Å². The summed E-state index contributed by atoms with van der Waals surface area (Å²) in [6, 6.07) is 14.5. The van der Waals surface area contributed by atoms with Crippen LogP contribution in [0.5, 0.6) is 0 Å². The number of aromatic nitrogens is 7. The Morgan fingerprint density at radius 2 is 1.92 bits per heavy atom. The predicted octanol–water partition coefficient (Wildman–Crippen LogP) is 0.664. The second-order valence-electron chi connectivity index (χ2n) is 5.69. The molecule has 0 aliphatic heterocycles. The van der Waals surface area contributed by atoms with E-state index in [1.165, 1.54) is 11.0 Å². The first-order chi connectivity index (χ1) is 12.8. The summed E-state index contributed by atoms with van der Waals surface area (Å²) in [6.07, 6.45) is 3.90. The first-order valence-electron chi connectivity index (χ1n) is 8.17. The standard InChI is InChI=1S/C17H16N8O/c26-17(16(25-12-19-22-23-25)13-6-2-1-3-7-13)18-10-9-15-21-20-14-8-4-5-11-24(14)15/h1-8,11-12,16H,9-10H2,(H,18,26). The molecule has 0 saturated carbocycles. The normalized spacial score (nSPS) is 12.2. The quantitative estimate of drug-likeness (QED) is 0.549. The molecule has 0 aliphatic rings. The van der Waals surface area contributed by atoms with Crippen molar-refractivity contribution in [1.29, 1.82) is 0 Å². The van der Waals surface area contributed by atoms with Gasteiger partial charge in [-0.1, -0.05) is 36.4 Å². The molecular weight excluding hydrogens is 332 g/mol. The number of nitrogens with one attached hydrogen (secondary N) is 1. The highest BCUT2D eigenvalue weighted by Gasteiger charge is 2.23. The second kappa shape index (κ2) is 7.09. The SMILES string of the molecule is O=C(NCCc1nnc2ccccn12)C(c1ccccc1)n1cnnn1. The number of tetrazole rings is 1. The predicted molar refractivity (Wildman–Crippen MR) is 92.1 cm³/mol. The minimum Gasteiger partial charge on any atom is -0.353 e. The topological polar surface area (TPSA) is 103 Å². The maximum atomic E-state index is 12.8. The summed E-state index contributed by atoms with van der Waals surface area (Å²) in [5, 5.41) is 22.4. The van der Waals surface area contributed by atoms with Gasteiger partial charge >= 0.3 is 0 Å². The van der Waals surface area contributed by atoms with Crippen LogP contribution in [-0.2, 0) is 11.2 Å². The molecule has 3 aromatic heterocycles. The monoisotopic (exact) mass is 348 g/mol. The molecule has 0 fully saturated rings. The van der Waals surface area contributed by atoms with E-state index in [4.69, 9.17) is 0 Å². The highest BCUT2D eigenvalue weighted by Crippen LogP contribution is 2.16. The number of fused-ring (bicyclic) bond motifs is 1. The molecule has 1 unspecified atom stereocenters. The van der Waals surface area contributed by atoms with Gasteiger partial charge in [-0.05, 0) is 28.1 Å². The van der Waals surface area contributed by atoms with Crippen LogP contribution in [0.15, 0.2) is 61.1 Å². The summed E-state index contributed by atoms with van der Waals surface area (Å²) in [5.74, 6) is 0.608. The minimum atomic E-state index is -0.624. The smallest absolute Gasteiger partial charge is 0.249 e. The summed E-state index contributed by atoms with van der Waals surface area (Å²) in [6.45, 7) is 0.431. The van der Waals surface area contributed by atoms with Crippen LogP contribution in [-0.4, -0.2) is 47.3 Å². The van der Waals surface area contributed by atoms with Crippen LogP contribution in [0.4, 0.5) is 0 Å². The fourth-order valence-electron chi connectivity index (χ4n) is 2.80. The Hall–Kier alpha value is -3.62. The summed E-state index contributed by atoms with van der Waals surface area (Å²) < 4.78 is 3.35. The third-order valence-electron chi connectivity index (χ3n) is 4.03. The van der Waals surface area contributed by atoms with E-state index in [1.54, 1.807) is 0 Å². The maximum absolute atomic E-state index is 12.8. The first-order valence-corrected chi connectivity index (χ1v) is 8.17. The Morgan fingerprint density at radius 1 is 1.08 bits per heavy atom. The number of benzene rings is 1. The summed E-state index contributed by atoms with van der Waals surface area (Å²) >= 11 is 0. The zero-order chi connectivity index (χ0) is 17.8. The number of nitrogens with zero attached hydrogens (tertiary/aromatic N) is 7. The van der Waals surface area contributed by atoms with Gasteiger partial charge in [0.05, 0.1) is 0 Å². The number of carbonyl (C=O) groups excluding carboxylic acids is 1. The molecule has 130 valence electrons. The Kier molecular flexibility index (Phi) is 4.33. The van der Waals surface area contributed by atoms with Crippen LogP contribution < -0.4 is 5.32 Å². The lowest BCUT2D eigenvalue weighted by Gasteiger charge is -2.16. The van der Waals surface area contributed by atoms with Gasteiger partial charge in [0.25, 0.3) is 0 Å². The summed E-state index contributed by atoms with van der Waals surface area (Å²) in [7, 11) is 0. The lowest BCUT2D eigenvalue weighted by atomic mass is 10.1. The van der Waals surface area contributed by atoms with Gasteiger partial charge in [0, 0.05) is 19.2 Å². The van der Waals surface area contributed by atoms with E-state index in [2.05, 4.69) is 31.0 Å². The summed E-state index contributed by atoms with van der Waals surface area (Å²) in [4.78, 5) is 12.8. The van der Waals surface area contributed by atoms with E-state index in [1.807, 2.05) is 59.1 Å². The number of hydrogen-bond acceptors (Lipinski definition) is 6. The fourth-order valence-corrected chi connectivity index (χ4v) is 2.80. The van der Waals surface area contributed by atoms with Crippen LogP contribution in [0.2, 0.25) is 0 Å². The lowest BCUT2D eigenvalue weighted by molar-refractivity contribution is -0.123. The van der Waals surface area contributed by atoms with Gasteiger partial charge in [0.1, 0.15) is 12.2 Å². The zero-order valence-corrected chi connectivity index (χ0v) is 13.8. The molecule has 9 nitrogen and oxygen atoms in total. The first kappa shape index (κ1) is 15.9.